The van der Waals surface area contributed by atoms with Gasteiger partial charge in [0.05, 0.1) is 18.8 Å². The third-order valence-electron chi connectivity index (χ3n) is 3.48. The lowest BCUT2D eigenvalue weighted by Gasteiger charge is -2.26. The van der Waals surface area contributed by atoms with Crippen molar-refractivity contribution < 1.29 is 9.84 Å². The van der Waals surface area contributed by atoms with Crippen LogP contribution in [-0.4, -0.2) is 42.9 Å². The first kappa shape index (κ1) is 13.5. The van der Waals surface area contributed by atoms with Crippen molar-refractivity contribution in [1.82, 2.24) is 4.90 Å². The van der Waals surface area contributed by atoms with Crippen molar-refractivity contribution in [3.05, 3.63) is 35.4 Å². The number of rotatable bonds is 4. The van der Waals surface area contributed by atoms with E-state index < -0.39 is 5.60 Å². The highest BCUT2D eigenvalue weighted by atomic mass is 16.5. The van der Waals surface area contributed by atoms with Crippen molar-refractivity contribution in [2.75, 3.05) is 32.8 Å². The van der Waals surface area contributed by atoms with Gasteiger partial charge in [-0.3, -0.25) is 4.90 Å². The first-order chi connectivity index (χ1) is 8.55. The van der Waals surface area contributed by atoms with Crippen LogP contribution in [0.15, 0.2) is 24.3 Å². The fraction of sp³-hybridized carbons (Fsp3) is 0.600. The van der Waals surface area contributed by atoms with E-state index in [0.717, 1.165) is 44.8 Å². The van der Waals surface area contributed by atoms with Crippen molar-refractivity contribution in [1.29, 1.82) is 0 Å². The molecule has 1 N–H and O–H groups in total. The highest BCUT2D eigenvalue weighted by Crippen LogP contribution is 2.19. The number of ether oxygens (including phenoxy) is 1. The Kier molecular flexibility index (Phi) is 4.38. The summed E-state index contributed by atoms with van der Waals surface area (Å²) in [5, 5.41) is 9.89. The monoisotopic (exact) mass is 249 g/mol. The number of morpholine rings is 1. The summed E-state index contributed by atoms with van der Waals surface area (Å²) in [5.41, 5.74) is 1.55. The first-order valence-corrected chi connectivity index (χ1v) is 6.67. The lowest BCUT2D eigenvalue weighted by molar-refractivity contribution is 0.0384. The zero-order valence-electron chi connectivity index (χ0n) is 11.4. The molecule has 1 aromatic rings. The molecule has 100 valence electrons. The number of benzene rings is 1. The van der Waals surface area contributed by atoms with E-state index in [1.54, 1.807) is 0 Å². The maximum absolute atomic E-state index is 9.89. The second-order valence-corrected chi connectivity index (χ2v) is 5.46. The zero-order chi connectivity index (χ0) is 13.0. The standard InChI is InChI=1S/C15H23NO2/c1-15(2,17)14-5-3-13(4-6-14)7-8-16-9-11-18-12-10-16/h3-6,17H,7-12H2,1-2H3. The molecule has 2 rings (SSSR count). The van der Waals surface area contributed by atoms with Crippen molar-refractivity contribution in [3.63, 3.8) is 0 Å². The van der Waals surface area contributed by atoms with E-state index in [4.69, 9.17) is 4.74 Å². The smallest absolute Gasteiger partial charge is 0.0840 e. The van der Waals surface area contributed by atoms with Gasteiger partial charge in [0.25, 0.3) is 0 Å². The van der Waals surface area contributed by atoms with Crippen LogP contribution in [0, 0.1) is 0 Å². The van der Waals surface area contributed by atoms with Gasteiger partial charge in [0, 0.05) is 19.6 Å². The van der Waals surface area contributed by atoms with Crippen molar-refractivity contribution >= 4 is 0 Å². The van der Waals surface area contributed by atoms with E-state index in [1.807, 2.05) is 26.0 Å². The van der Waals surface area contributed by atoms with Crippen LogP contribution in [0.5, 0.6) is 0 Å². The van der Waals surface area contributed by atoms with E-state index >= 15 is 0 Å². The van der Waals surface area contributed by atoms with Crippen LogP contribution in [0.1, 0.15) is 25.0 Å². The Bertz CT molecular complexity index is 361. The lowest BCUT2D eigenvalue weighted by Crippen LogP contribution is -2.37. The quantitative estimate of drug-likeness (QED) is 0.883. The second-order valence-electron chi connectivity index (χ2n) is 5.46. The summed E-state index contributed by atoms with van der Waals surface area (Å²) in [7, 11) is 0. The fourth-order valence-corrected chi connectivity index (χ4v) is 2.19. The molecule has 0 radical (unpaired) electrons. The largest absolute Gasteiger partial charge is 0.386 e. The molecule has 0 amide bonds. The molecule has 1 fully saturated rings. The van der Waals surface area contributed by atoms with Gasteiger partial charge < -0.3 is 9.84 Å². The maximum atomic E-state index is 9.89. The Hall–Kier alpha value is -0.900. The summed E-state index contributed by atoms with van der Waals surface area (Å²) in [6.07, 6.45) is 1.06. The average molecular weight is 249 g/mol. The summed E-state index contributed by atoms with van der Waals surface area (Å²) in [4.78, 5) is 2.44. The van der Waals surface area contributed by atoms with Crippen LogP contribution in [-0.2, 0) is 16.8 Å². The molecule has 0 unspecified atom stereocenters. The molecule has 1 aromatic carbocycles. The Morgan fingerprint density at radius 1 is 1.17 bits per heavy atom. The van der Waals surface area contributed by atoms with Crippen LogP contribution in [0.3, 0.4) is 0 Å². The van der Waals surface area contributed by atoms with Crippen molar-refractivity contribution in [2.24, 2.45) is 0 Å². The van der Waals surface area contributed by atoms with Gasteiger partial charge >= 0.3 is 0 Å². The van der Waals surface area contributed by atoms with Crippen LogP contribution in [0.2, 0.25) is 0 Å². The fourth-order valence-electron chi connectivity index (χ4n) is 2.19. The molecule has 1 aliphatic heterocycles. The molecule has 3 nitrogen and oxygen atoms in total. The normalized spacial score (nSPS) is 17.9. The third kappa shape index (κ3) is 3.80. The van der Waals surface area contributed by atoms with E-state index in [2.05, 4.69) is 17.0 Å². The molecule has 0 aliphatic carbocycles. The van der Waals surface area contributed by atoms with E-state index in [9.17, 15) is 5.11 Å². The molecule has 0 atom stereocenters. The predicted octanol–water partition coefficient (Wildman–Crippen LogP) is 1.79. The van der Waals surface area contributed by atoms with Gasteiger partial charge in [-0.15, -0.1) is 0 Å². The summed E-state index contributed by atoms with van der Waals surface area (Å²) in [6.45, 7) is 8.52. The van der Waals surface area contributed by atoms with E-state index in [1.165, 1.54) is 5.56 Å². The lowest BCUT2D eigenvalue weighted by atomic mass is 9.97. The van der Waals surface area contributed by atoms with Crippen LogP contribution < -0.4 is 0 Å². The molecule has 18 heavy (non-hydrogen) atoms. The molecule has 0 spiro atoms. The van der Waals surface area contributed by atoms with Gasteiger partial charge in [-0.25, -0.2) is 0 Å². The summed E-state index contributed by atoms with van der Waals surface area (Å²) < 4.78 is 5.34. The summed E-state index contributed by atoms with van der Waals surface area (Å²) >= 11 is 0. The summed E-state index contributed by atoms with van der Waals surface area (Å²) in [5.74, 6) is 0. The molecular weight excluding hydrogens is 226 g/mol. The number of aliphatic hydroxyl groups is 1. The minimum Gasteiger partial charge on any atom is -0.386 e. The van der Waals surface area contributed by atoms with Gasteiger partial charge in [0.15, 0.2) is 0 Å². The van der Waals surface area contributed by atoms with E-state index in [0.29, 0.717) is 0 Å². The molecule has 0 bridgehead atoms. The first-order valence-electron chi connectivity index (χ1n) is 6.67. The molecule has 0 aromatic heterocycles. The van der Waals surface area contributed by atoms with Crippen LogP contribution >= 0.6 is 0 Å². The third-order valence-corrected chi connectivity index (χ3v) is 3.48. The number of hydrogen-bond acceptors (Lipinski definition) is 3. The topological polar surface area (TPSA) is 32.7 Å². The number of nitrogens with zero attached hydrogens (tertiary/aromatic N) is 1. The minimum atomic E-state index is -0.747. The van der Waals surface area contributed by atoms with Gasteiger partial charge in [0.2, 0.25) is 0 Å². The Morgan fingerprint density at radius 2 is 1.78 bits per heavy atom. The molecule has 1 aliphatic rings. The second kappa shape index (κ2) is 5.83. The minimum absolute atomic E-state index is 0.747. The van der Waals surface area contributed by atoms with Gasteiger partial charge in [-0.1, -0.05) is 24.3 Å². The highest BCUT2D eigenvalue weighted by Gasteiger charge is 2.15. The van der Waals surface area contributed by atoms with Crippen LogP contribution in [0.25, 0.3) is 0 Å². The molecule has 0 saturated carbocycles. The molecular formula is C15H23NO2. The average Bonchev–Trinajstić information content (AvgIpc) is 2.37. The Morgan fingerprint density at radius 3 is 2.33 bits per heavy atom. The highest BCUT2D eigenvalue weighted by molar-refractivity contribution is 5.26. The zero-order valence-corrected chi connectivity index (χ0v) is 11.4. The Balaban J connectivity index is 1.86. The van der Waals surface area contributed by atoms with Crippen molar-refractivity contribution in [2.45, 2.75) is 25.9 Å². The maximum Gasteiger partial charge on any atom is 0.0840 e. The molecule has 1 heterocycles. The van der Waals surface area contributed by atoms with Gasteiger partial charge in [-0.05, 0) is 31.4 Å². The SMILES string of the molecule is CC(C)(O)c1ccc(CCN2CCOCC2)cc1. The van der Waals surface area contributed by atoms with Gasteiger partial charge in [-0.2, -0.15) is 0 Å². The van der Waals surface area contributed by atoms with Crippen LogP contribution in [0.4, 0.5) is 0 Å². The number of hydrogen-bond donors (Lipinski definition) is 1. The molecule has 1 saturated heterocycles. The van der Waals surface area contributed by atoms with Gasteiger partial charge in [0.1, 0.15) is 0 Å². The summed E-state index contributed by atoms with van der Waals surface area (Å²) in [6, 6.07) is 8.28. The predicted molar refractivity (Wildman–Crippen MR) is 72.6 cm³/mol. The van der Waals surface area contributed by atoms with E-state index in [-0.39, 0.29) is 0 Å². The molecule has 3 heteroatoms. The Labute approximate surface area is 109 Å². The van der Waals surface area contributed by atoms with Crippen molar-refractivity contribution in [3.8, 4) is 0 Å².